The smallest absolute Gasteiger partial charge is 0.123 e. The van der Waals surface area contributed by atoms with Crippen LogP contribution in [0.1, 0.15) is 0 Å². The van der Waals surface area contributed by atoms with Crippen molar-refractivity contribution < 1.29 is 5.11 Å². The molecule has 0 spiro atoms. The molecule has 0 unspecified atom stereocenters. The summed E-state index contributed by atoms with van der Waals surface area (Å²) in [6.07, 6.45) is 0. The quantitative estimate of drug-likeness (QED) is 0.430. The van der Waals surface area contributed by atoms with Crippen molar-refractivity contribution in [1.82, 2.24) is 0 Å². The molecule has 0 aliphatic rings. The van der Waals surface area contributed by atoms with Crippen molar-refractivity contribution >= 4 is 17.1 Å². The van der Waals surface area contributed by atoms with Crippen LogP contribution < -0.4 is 17.2 Å². The molecule has 7 N–H and O–H groups in total. The lowest BCUT2D eigenvalue weighted by atomic mass is 10.0. The third-order valence-electron chi connectivity index (χ3n) is 2.39. The van der Waals surface area contributed by atoms with E-state index in [0.717, 1.165) is 0 Å². The Balaban J connectivity index is 2.66. The monoisotopic (exact) mass is 215 g/mol. The molecule has 2 aromatic carbocycles. The summed E-state index contributed by atoms with van der Waals surface area (Å²) in [5.41, 5.74) is 20.2. The minimum Gasteiger partial charge on any atom is -0.507 e. The fourth-order valence-corrected chi connectivity index (χ4v) is 1.58. The molecule has 82 valence electrons. The normalized spacial score (nSPS) is 10.2. The van der Waals surface area contributed by atoms with Crippen LogP contribution in [0.3, 0.4) is 0 Å². The van der Waals surface area contributed by atoms with Gasteiger partial charge in [0.05, 0.1) is 0 Å². The van der Waals surface area contributed by atoms with Gasteiger partial charge in [0.15, 0.2) is 0 Å². The zero-order valence-electron chi connectivity index (χ0n) is 8.64. The van der Waals surface area contributed by atoms with Crippen LogP contribution in [0.5, 0.6) is 5.75 Å². The van der Waals surface area contributed by atoms with Gasteiger partial charge in [-0.3, -0.25) is 0 Å². The maximum atomic E-state index is 9.75. The molecule has 4 nitrogen and oxygen atoms in total. The third-order valence-corrected chi connectivity index (χ3v) is 2.39. The Kier molecular flexibility index (Phi) is 2.32. The van der Waals surface area contributed by atoms with E-state index in [1.165, 1.54) is 6.07 Å². The molecule has 0 fully saturated rings. The molecule has 4 heteroatoms. The predicted molar refractivity (Wildman–Crippen MR) is 66.8 cm³/mol. The molecule has 0 aromatic heterocycles. The lowest BCUT2D eigenvalue weighted by Crippen LogP contribution is -1.94. The molecule has 0 radical (unpaired) electrons. The van der Waals surface area contributed by atoms with E-state index in [-0.39, 0.29) is 5.75 Å². The van der Waals surface area contributed by atoms with Crippen LogP contribution in [0.4, 0.5) is 17.1 Å². The molecule has 2 rings (SSSR count). The molecule has 0 atom stereocenters. The van der Waals surface area contributed by atoms with Crippen molar-refractivity contribution in [3.63, 3.8) is 0 Å². The van der Waals surface area contributed by atoms with E-state index in [1.807, 2.05) is 0 Å². The van der Waals surface area contributed by atoms with Crippen molar-refractivity contribution in [3.8, 4) is 16.9 Å². The van der Waals surface area contributed by atoms with Crippen LogP contribution >= 0.6 is 0 Å². The van der Waals surface area contributed by atoms with Gasteiger partial charge in [-0.1, -0.05) is 0 Å². The molecular weight excluding hydrogens is 202 g/mol. The van der Waals surface area contributed by atoms with Gasteiger partial charge < -0.3 is 22.3 Å². The fraction of sp³-hybridized carbons (Fsp3) is 0. The number of hydrogen-bond acceptors (Lipinski definition) is 4. The Bertz CT molecular complexity index is 488. The summed E-state index contributed by atoms with van der Waals surface area (Å²) in [7, 11) is 0. The Morgan fingerprint density at radius 3 is 2.00 bits per heavy atom. The lowest BCUT2D eigenvalue weighted by molar-refractivity contribution is 0.477. The first-order chi connectivity index (χ1) is 7.58. The maximum Gasteiger partial charge on any atom is 0.123 e. The maximum absolute atomic E-state index is 9.75. The highest BCUT2D eigenvalue weighted by Crippen LogP contribution is 2.35. The van der Waals surface area contributed by atoms with Gasteiger partial charge in [0, 0.05) is 28.2 Å². The van der Waals surface area contributed by atoms with Gasteiger partial charge >= 0.3 is 0 Å². The molecule has 0 saturated carbocycles. The summed E-state index contributed by atoms with van der Waals surface area (Å²) < 4.78 is 0. The number of phenols is 1. The average molecular weight is 215 g/mol. The van der Waals surface area contributed by atoms with Crippen LogP contribution in [-0.2, 0) is 0 Å². The summed E-state index contributed by atoms with van der Waals surface area (Å²) in [4.78, 5) is 0. The highest BCUT2D eigenvalue weighted by Gasteiger charge is 2.08. The predicted octanol–water partition coefficient (Wildman–Crippen LogP) is 1.81. The van der Waals surface area contributed by atoms with Crippen molar-refractivity contribution in [3.05, 3.63) is 36.4 Å². The number of aromatic hydroxyl groups is 1. The Labute approximate surface area is 93.3 Å². The van der Waals surface area contributed by atoms with Gasteiger partial charge in [0.2, 0.25) is 0 Å². The Morgan fingerprint density at radius 2 is 1.31 bits per heavy atom. The standard InChI is InChI=1S/C12H13N3O/c13-7-1-3-11(15)9(5-7)10-6-8(14)2-4-12(10)16/h1-6,16H,13-15H2. The van der Waals surface area contributed by atoms with Crippen LogP contribution in [0.25, 0.3) is 11.1 Å². The summed E-state index contributed by atoms with van der Waals surface area (Å²) in [6.45, 7) is 0. The first-order valence-corrected chi connectivity index (χ1v) is 4.82. The van der Waals surface area contributed by atoms with Crippen molar-refractivity contribution in [2.75, 3.05) is 17.2 Å². The minimum atomic E-state index is 0.131. The molecule has 0 saturated heterocycles. The van der Waals surface area contributed by atoms with Gasteiger partial charge in [-0.05, 0) is 36.4 Å². The number of nitrogen functional groups attached to an aromatic ring is 3. The number of rotatable bonds is 1. The summed E-state index contributed by atoms with van der Waals surface area (Å²) >= 11 is 0. The summed E-state index contributed by atoms with van der Waals surface area (Å²) in [5.74, 6) is 0.131. The zero-order valence-corrected chi connectivity index (χ0v) is 8.64. The largest absolute Gasteiger partial charge is 0.507 e. The molecule has 0 amide bonds. The van der Waals surface area contributed by atoms with Gasteiger partial charge in [0.25, 0.3) is 0 Å². The van der Waals surface area contributed by atoms with E-state index in [0.29, 0.717) is 28.2 Å². The second-order valence-electron chi connectivity index (χ2n) is 3.62. The molecule has 2 aromatic rings. The lowest BCUT2D eigenvalue weighted by Gasteiger charge is -2.09. The van der Waals surface area contributed by atoms with Crippen LogP contribution in [-0.4, -0.2) is 5.11 Å². The Hall–Kier alpha value is -2.36. The molecular formula is C12H13N3O. The van der Waals surface area contributed by atoms with E-state index in [1.54, 1.807) is 30.3 Å². The number of anilines is 3. The number of hydrogen-bond donors (Lipinski definition) is 4. The summed E-state index contributed by atoms with van der Waals surface area (Å²) in [5, 5.41) is 9.75. The zero-order chi connectivity index (χ0) is 11.7. The molecule has 0 aliphatic carbocycles. The molecule has 0 aliphatic heterocycles. The first-order valence-electron chi connectivity index (χ1n) is 4.82. The SMILES string of the molecule is Nc1ccc(N)c(-c2cc(N)ccc2O)c1. The van der Waals surface area contributed by atoms with Crippen molar-refractivity contribution in [2.24, 2.45) is 0 Å². The number of nitrogens with two attached hydrogens (primary N) is 3. The van der Waals surface area contributed by atoms with Gasteiger partial charge in [0.1, 0.15) is 5.75 Å². The number of phenolic OH excluding ortho intramolecular Hbond substituents is 1. The fourth-order valence-electron chi connectivity index (χ4n) is 1.58. The average Bonchev–Trinajstić information content (AvgIpc) is 2.25. The first kappa shape index (κ1) is 10.2. The molecule has 0 heterocycles. The van der Waals surface area contributed by atoms with Gasteiger partial charge in [-0.25, -0.2) is 0 Å². The van der Waals surface area contributed by atoms with Crippen LogP contribution in [0.2, 0.25) is 0 Å². The van der Waals surface area contributed by atoms with E-state index in [2.05, 4.69) is 0 Å². The van der Waals surface area contributed by atoms with E-state index < -0.39 is 0 Å². The molecule has 16 heavy (non-hydrogen) atoms. The van der Waals surface area contributed by atoms with Crippen molar-refractivity contribution in [2.45, 2.75) is 0 Å². The second-order valence-corrected chi connectivity index (χ2v) is 3.62. The minimum absolute atomic E-state index is 0.131. The van der Waals surface area contributed by atoms with E-state index >= 15 is 0 Å². The highest BCUT2D eigenvalue weighted by molar-refractivity contribution is 5.84. The Morgan fingerprint density at radius 1 is 0.750 bits per heavy atom. The topological polar surface area (TPSA) is 98.3 Å². The molecule has 0 bridgehead atoms. The third kappa shape index (κ3) is 1.72. The van der Waals surface area contributed by atoms with E-state index in [9.17, 15) is 5.11 Å². The second kappa shape index (κ2) is 3.66. The van der Waals surface area contributed by atoms with Crippen LogP contribution in [0.15, 0.2) is 36.4 Å². The van der Waals surface area contributed by atoms with Gasteiger partial charge in [-0.2, -0.15) is 0 Å². The van der Waals surface area contributed by atoms with Gasteiger partial charge in [-0.15, -0.1) is 0 Å². The summed E-state index contributed by atoms with van der Waals surface area (Å²) in [6, 6.07) is 9.95. The van der Waals surface area contributed by atoms with Crippen molar-refractivity contribution in [1.29, 1.82) is 0 Å². The number of benzene rings is 2. The van der Waals surface area contributed by atoms with E-state index in [4.69, 9.17) is 17.2 Å². The highest BCUT2D eigenvalue weighted by atomic mass is 16.3. The van der Waals surface area contributed by atoms with Crippen LogP contribution in [0, 0.1) is 0 Å².